The Morgan fingerprint density at radius 3 is 2.07 bits per heavy atom. The molecule has 0 radical (unpaired) electrons. The normalized spacial score (nSPS) is 13.5. The number of rotatable bonds is 6. The maximum Gasteiger partial charge on any atom is 0.398 e. The molecule has 0 aliphatic heterocycles. The number of hydrogen-bond acceptors (Lipinski definition) is 5. The van der Waals surface area contributed by atoms with Crippen molar-refractivity contribution in [3.63, 3.8) is 0 Å². The van der Waals surface area contributed by atoms with E-state index in [4.69, 9.17) is 14.8 Å². The van der Waals surface area contributed by atoms with Crippen molar-refractivity contribution in [2.24, 2.45) is 0 Å². The molecule has 0 heterocycles. The van der Waals surface area contributed by atoms with E-state index in [2.05, 4.69) is 4.18 Å². The third kappa shape index (κ3) is 6.34. The van der Waals surface area contributed by atoms with Crippen LogP contribution < -0.4 is 0 Å². The number of carboxylic acids is 2. The summed E-state index contributed by atoms with van der Waals surface area (Å²) in [6.07, 6.45) is -3.02. The van der Waals surface area contributed by atoms with Crippen molar-refractivity contribution in [3.8, 4) is 0 Å². The molecule has 0 aliphatic carbocycles. The molecular weight excluding hydrogens is 220 g/mol. The van der Waals surface area contributed by atoms with Gasteiger partial charge in [-0.1, -0.05) is 0 Å². The Morgan fingerprint density at radius 2 is 1.79 bits per heavy atom. The average Bonchev–Trinajstić information content (AvgIpc) is 1.94. The molecule has 9 heteroatoms. The minimum absolute atomic E-state index is 0.551. The lowest BCUT2D eigenvalue weighted by molar-refractivity contribution is -0.146. The molecule has 0 aromatic heterocycles. The molecule has 0 aromatic rings. The Balaban J connectivity index is 4.32. The van der Waals surface area contributed by atoms with Crippen LogP contribution >= 0.6 is 0 Å². The summed E-state index contributed by atoms with van der Waals surface area (Å²) in [5.41, 5.74) is 0. The third-order valence-electron chi connectivity index (χ3n) is 1.13. The van der Waals surface area contributed by atoms with E-state index in [0.717, 1.165) is 0 Å². The summed E-state index contributed by atoms with van der Waals surface area (Å²) in [7, 11) is -4.89. The number of aliphatic carboxylic acids is 2. The zero-order chi connectivity index (χ0) is 11.4. The topological polar surface area (TPSA) is 138 Å². The van der Waals surface area contributed by atoms with Crippen molar-refractivity contribution < 1.29 is 37.0 Å². The second kappa shape index (κ2) is 4.88. The van der Waals surface area contributed by atoms with Crippen LogP contribution in [-0.4, -0.2) is 41.2 Å². The van der Waals surface area contributed by atoms with Gasteiger partial charge in [0.15, 0.2) is 6.10 Å². The molecule has 0 saturated carbocycles. The summed E-state index contributed by atoms with van der Waals surface area (Å²) in [5, 5.41) is 16.5. The first-order chi connectivity index (χ1) is 6.22. The van der Waals surface area contributed by atoms with Crippen molar-refractivity contribution in [3.05, 3.63) is 0 Å². The van der Waals surface area contributed by atoms with Gasteiger partial charge in [0.1, 0.15) is 0 Å². The molecule has 8 nitrogen and oxygen atoms in total. The molecule has 0 spiro atoms. The summed E-state index contributed by atoms with van der Waals surface area (Å²) in [6, 6.07) is 0. The van der Waals surface area contributed by atoms with Gasteiger partial charge in [-0.2, -0.15) is 8.42 Å². The van der Waals surface area contributed by atoms with Crippen LogP contribution in [0.4, 0.5) is 0 Å². The van der Waals surface area contributed by atoms with Gasteiger partial charge in [-0.05, 0) is 6.42 Å². The number of carboxylic acid groups (broad SMARTS) is 2. The van der Waals surface area contributed by atoms with Crippen LogP contribution in [-0.2, 0) is 24.2 Å². The Labute approximate surface area is 79.1 Å². The van der Waals surface area contributed by atoms with E-state index in [1.807, 2.05) is 0 Å². The molecule has 0 saturated heterocycles. The van der Waals surface area contributed by atoms with Crippen LogP contribution in [0.1, 0.15) is 12.8 Å². The summed E-state index contributed by atoms with van der Waals surface area (Å²) in [4.78, 5) is 20.3. The largest absolute Gasteiger partial charge is 0.481 e. The number of carbonyl (C=O) groups is 2. The van der Waals surface area contributed by atoms with E-state index >= 15 is 0 Å². The first-order valence-electron chi connectivity index (χ1n) is 3.32. The molecule has 82 valence electrons. The molecule has 14 heavy (non-hydrogen) atoms. The van der Waals surface area contributed by atoms with Gasteiger partial charge in [-0.3, -0.25) is 9.35 Å². The average molecular weight is 228 g/mol. The predicted octanol–water partition coefficient (Wildman–Crippen LogP) is -0.876. The molecular formula is C5H8O8S. The molecule has 0 amide bonds. The zero-order valence-electron chi connectivity index (χ0n) is 6.78. The highest BCUT2D eigenvalue weighted by atomic mass is 32.3. The van der Waals surface area contributed by atoms with E-state index in [0.29, 0.717) is 0 Å². The van der Waals surface area contributed by atoms with Crippen molar-refractivity contribution >= 4 is 22.3 Å². The molecule has 3 N–H and O–H groups in total. The molecule has 0 unspecified atom stereocenters. The van der Waals surface area contributed by atoms with E-state index in [1.165, 1.54) is 0 Å². The summed E-state index contributed by atoms with van der Waals surface area (Å²) in [6.45, 7) is 0. The highest BCUT2D eigenvalue weighted by Crippen LogP contribution is 2.06. The second-order valence-corrected chi connectivity index (χ2v) is 3.33. The van der Waals surface area contributed by atoms with Gasteiger partial charge in [0.2, 0.25) is 0 Å². The fourth-order valence-corrected chi connectivity index (χ4v) is 1.09. The van der Waals surface area contributed by atoms with Crippen LogP contribution in [0.3, 0.4) is 0 Å². The molecule has 1 atom stereocenters. The SMILES string of the molecule is O=C(O)CC[C@@H](OS(=O)(=O)O)C(=O)O. The summed E-state index contributed by atoms with van der Waals surface area (Å²) in [5.74, 6) is -2.96. The van der Waals surface area contributed by atoms with Gasteiger partial charge in [0.25, 0.3) is 0 Å². The molecule has 0 fully saturated rings. The first kappa shape index (κ1) is 12.8. The highest BCUT2D eigenvalue weighted by Gasteiger charge is 2.24. The van der Waals surface area contributed by atoms with Gasteiger partial charge in [0, 0.05) is 6.42 Å². The smallest absolute Gasteiger partial charge is 0.398 e. The van der Waals surface area contributed by atoms with Gasteiger partial charge in [0.05, 0.1) is 0 Å². The molecule has 0 aromatic carbocycles. The van der Waals surface area contributed by atoms with Crippen molar-refractivity contribution in [1.29, 1.82) is 0 Å². The van der Waals surface area contributed by atoms with Gasteiger partial charge < -0.3 is 10.2 Å². The quantitative estimate of drug-likeness (QED) is 0.498. The Kier molecular flexibility index (Phi) is 4.47. The minimum Gasteiger partial charge on any atom is -0.481 e. The molecule has 0 rings (SSSR count). The van der Waals surface area contributed by atoms with E-state index in [9.17, 15) is 18.0 Å². The van der Waals surface area contributed by atoms with E-state index in [-0.39, 0.29) is 0 Å². The Morgan fingerprint density at radius 1 is 1.29 bits per heavy atom. The lowest BCUT2D eigenvalue weighted by atomic mass is 10.2. The van der Waals surface area contributed by atoms with Gasteiger partial charge in [-0.25, -0.2) is 8.98 Å². The minimum atomic E-state index is -4.89. The van der Waals surface area contributed by atoms with Crippen LogP contribution in [0.25, 0.3) is 0 Å². The highest BCUT2D eigenvalue weighted by molar-refractivity contribution is 7.80. The van der Waals surface area contributed by atoms with Crippen LogP contribution in [0.2, 0.25) is 0 Å². The Hall–Kier alpha value is -1.19. The van der Waals surface area contributed by atoms with Gasteiger partial charge in [-0.15, -0.1) is 0 Å². The van der Waals surface area contributed by atoms with Crippen molar-refractivity contribution in [2.45, 2.75) is 18.9 Å². The van der Waals surface area contributed by atoms with Gasteiger partial charge >= 0.3 is 22.3 Å². The summed E-state index contributed by atoms with van der Waals surface area (Å²) >= 11 is 0. The molecule has 0 bridgehead atoms. The van der Waals surface area contributed by atoms with E-state index < -0.39 is 41.3 Å². The monoisotopic (exact) mass is 228 g/mol. The van der Waals surface area contributed by atoms with Crippen molar-refractivity contribution in [2.75, 3.05) is 0 Å². The lowest BCUT2D eigenvalue weighted by Gasteiger charge is -2.08. The zero-order valence-corrected chi connectivity index (χ0v) is 7.60. The third-order valence-corrected chi connectivity index (χ3v) is 1.61. The summed E-state index contributed by atoms with van der Waals surface area (Å²) < 4.78 is 32.1. The predicted molar refractivity (Wildman–Crippen MR) is 40.9 cm³/mol. The molecule has 0 aliphatic rings. The Bertz CT molecular complexity index is 317. The lowest BCUT2D eigenvalue weighted by Crippen LogP contribution is -2.27. The maximum absolute atomic E-state index is 10.3. The van der Waals surface area contributed by atoms with Crippen molar-refractivity contribution in [1.82, 2.24) is 0 Å². The van der Waals surface area contributed by atoms with Crippen LogP contribution in [0.5, 0.6) is 0 Å². The van der Waals surface area contributed by atoms with Crippen LogP contribution in [0, 0.1) is 0 Å². The number of hydrogen-bond donors (Lipinski definition) is 3. The van der Waals surface area contributed by atoms with Crippen LogP contribution in [0.15, 0.2) is 0 Å². The first-order valence-corrected chi connectivity index (χ1v) is 4.69. The van der Waals surface area contributed by atoms with E-state index in [1.54, 1.807) is 0 Å². The standard InChI is InChI=1S/C5H8O8S/c6-4(7)2-1-3(5(8)9)13-14(10,11)12/h3H,1-2H2,(H,6,7)(H,8,9)(H,10,11,12)/t3-/m1/s1. The second-order valence-electron chi connectivity index (χ2n) is 2.28. The maximum atomic E-state index is 10.3. The fourth-order valence-electron chi connectivity index (χ4n) is 0.614. The fraction of sp³-hybridized carbons (Fsp3) is 0.600.